The molecule has 2 heterocycles. The van der Waals surface area contributed by atoms with Gasteiger partial charge in [0, 0.05) is 6.20 Å². The molecule has 4 aromatic rings. The van der Waals surface area contributed by atoms with Gasteiger partial charge in [-0.25, -0.2) is 21.9 Å². The number of sulfone groups is 1. The number of nitrogens with zero attached hydrogens (tertiary/aromatic N) is 3. The molecule has 1 saturated carbocycles. The molecule has 6 rings (SSSR count). The highest BCUT2D eigenvalue weighted by molar-refractivity contribution is 7.92. The molecule has 216 valence electrons. The quantitative estimate of drug-likeness (QED) is 0.151. The Bertz CT molecular complexity index is 1810. The van der Waals surface area contributed by atoms with Crippen molar-refractivity contribution < 1.29 is 35.2 Å². The van der Waals surface area contributed by atoms with E-state index in [2.05, 4.69) is 10.1 Å². The lowest BCUT2D eigenvalue weighted by atomic mass is 9.61. The molecular formula is C30H22F5N3O3S. The summed E-state index contributed by atoms with van der Waals surface area (Å²) in [7, 11) is -4.00. The molecular weight excluding hydrogens is 577 g/mol. The van der Waals surface area contributed by atoms with Gasteiger partial charge >= 0.3 is 6.18 Å². The average molecular weight is 600 g/mol. The number of hydrogen-bond donors (Lipinski definition) is 0. The van der Waals surface area contributed by atoms with E-state index in [0.717, 1.165) is 24.3 Å². The standard InChI is InChI=1S/C30H22F5N3O3S/c31-21-3-7-23(8-4-21)38-27-13-19-1-9-25(42(40,41)24-10-5-22(32)6-11-24)15-29(19,14-18(27)16-37-38)28(39)26-12-2-20(17-36-26)30(33,34)35/h2-8,10-13,16-17,25H,1,9,14-15H2/t25-,29-/m0/s1. The minimum atomic E-state index is -4.65. The average Bonchev–Trinajstić information content (AvgIpc) is 3.37. The summed E-state index contributed by atoms with van der Waals surface area (Å²) < 4.78 is 95.5. The molecule has 0 saturated heterocycles. The zero-order valence-electron chi connectivity index (χ0n) is 21.8. The normalized spacial score (nSPS) is 20.4. The van der Waals surface area contributed by atoms with Crippen LogP contribution in [0.2, 0.25) is 0 Å². The Morgan fingerprint density at radius 3 is 2.21 bits per heavy atom. The number of ketones is 1. The summed E-state index contributed by atoms with van der Waals surface area (Å²) in [6, 6.07) is 11.9. The van der Waals surface area contributed by atoms with Crippen molar-refractivity contribution in [3.63, 3.8) is 0 Å². The highest BCUT2D eigenvalue weighted by Crippen LogP contribution is 2.52. The molecule has 0 bridgehead atoms. The van der Waals surface area contributed by atoms with Crippen LogP contribution in [0.3, 0.4) is 0 Å². The SMILES string of the molecule is O=C(c1ccc(C(F)(F)F)cn1)[C@]12Cc3cnn(-c4ccc(F)cc4)c3C=C1CC[C@H](S(=O)(=O)c1ccc(F)cc1)C2. The molecule has 0 aliphatic heterocycles. The van der Waals surface area contributed by atoms with Crippen LogP contribution in [0.25, 0.3) is 11.8 Å². The first kappa shape index (κ1) is 28.0. The summed E-state index contributed by atoms with van der Waals surface area (Å²) in [6.45, 7) is 0. The van der Waals surface area contributed by atoms with E-state index in [-0.39, 0.29) is 36.3 Å². The zero-order chi connectivity index (χ0) is 29.9. The van der Waals surface area contributed by atoms with Gasteiger partial charge in [-0.1, -0.05) is 5.57 Å². The lowest BCUT2D eigenvalue weighted by Gasteiger charge is -2.43. The summed E-state index contributed by atoms with van der Waals surface area (Å²) in [6.07, 6.45) is -0.507. The first-order valence-corrected chi connectivity index (χ1v) is 14.5. The molecule has 0 N–H and O–H groups in total. The maximum absolute atomic E-state index is 14.2. The predicted octanol–water partition coefficient (Wildman–Crippen LogP) is 6.40. The number of benzene rings is 2. The van der Waals surface area contributed by atoms with Crippen molar-refractivity contribution in [2.24, 2.45) is 5.41 Å². The van der Waals surface area contributed by atoms with Crippen molar-refractivity contribution in [3.05, 3.63) is 113 Å². The molecule has 2 aliphatic rings. The first-order valence-electron chi connectivity index (χ1n) is 13.0. The van der Waals surface area contributed by atoms with E-state index in [1.807, 2.05) is 0 Å². The predicted molar refractivity (Wildman–Crippen MR) is 142 cm³/mol. The minimum Gasteiger partial charge on any atom is -0.291 e. The Morgan fingerprint density at radius 2 is 1.60 bits per heavy atom. The van der Waals surface area contributed by atoms with E-state index in [1.165, 1.54) is 24.3 Å². The lowest BCUT2D eigenvalue weighted by Crippen LogP contribution is -2.45. The van der Waals surface area contributed by atoms with E-state index in [9.17, 15) is 35.2 Å². The van der Waals surface area contributed by atoms with Gasteiger partial charge in [-0.3, -0.25) is 9.78 Å². The Balaban J connectivity index is 1.44. The third kappa shape index (κ3) is 4.73. The second-order valence-electron chi connectivity index (χ2n) is 10.5. The fourth-order valence-electron chi connectivity index (χ4n) is 5.88. The van der Waals surface area contributed by atoms with E-state index < -0.39 is 49.7 Å². The molecule has 2 aromatic carbocycles. The Morgan fingerprint density at radius 1 is 0.929 bits per heavy atom. The summed E-state index contributed by atoms with van der Waals surface area (Å²) in [5.74, 6) is -1.62. The van der Waals surface area contributed by atoms with Crippen molar-refractivity contribution in [2.75, 3.05) is 0 Å². The van der Waals surface area contributed by atoms with Crippen LogP contribution in [0.4, 0.5) is 22.0 Å². The Labute approximate surface area is 237 Å². The Hall–Kier alpha value is -4.19. The van der Waals surface area contributed by atoms with Crippen LogP contribution in [0, 0.1) is 17.0 Å². The molecule has 2 atom stereocenters. The van der Waals surface area contributed by atoms with Crippen molar-refractivity contribution >= 4 is 21.7 Å². The summed E-state index contributed by atoms with van der Waals surface area (Å²) in [5, 5.41) is 3.40. The summed E-state index contributed by atoms with van der Waals surface area (Å²) in [5.41, 5.74) is -0.223. The van der Waals surface area contributed by atoms with Crippen molar-refractivity contribution in [1.29, 1.82) is 0 Å². The van der Waals surface area contributed by atoms with Gasteiger partial charge in [-0.2, -0.15) is 18.3 Å². The highest BCUT2D eigenvalue weighted by Gasteiger charge is 2.52. The van der Waals surface area contributed by atoms with Crippen molar-refractivity contribution in [2.45, 2.75) is 42.0 Å². The molecule has 1 fully saturated rings. The van der Waals surface area contributed by atoms with E-state index in [1.54, 1.807) is 29.1 Å². The van der Waals surface area contributed by atoms with Crippen LogP contribution in [-0.2, 0) is 22.4 Å². The third-order valence-electron chi connectivity index (χ3n) is 8.03. The number of rotatable bonds is 5. The van der Waals surface area contributed by atoms with Crippen LogP contribution in [-0.4, -0.2) is 34.2 Å². The van der Waals surface area contributed by atoms with Crippen LogP contribution in [0.1, 0.15) is 46.6 Å². The number of Topliss-reactive ketones (excluding diaryl/α,β-unsaturated/α-hetero) is 1. The first-order chi connectivity index (χ1) is 19.9. The van der Waals surface area contributed by atoms with Gasteiger partial charge in [0.05, 0.1) is 38.7 Å². The highest BCUT2D eigenvalue weighted by atomic mass is 32.2. The van der Waals surface area contributed by atoms with Gasteiger partial charge in [-0.05, 0) is 98.0 Å². The molecule has 2 aromatic heterocycles. The molecule has 0 radical (unpaired) electrons. The van der Waals surface area contributed by atoms with Crippen LogP contribution < -0.4 is 0 Å². The van der Waals surface area contributed by atoms with Crippen molar-refractivity contribution in [3.8, 4) is 5.69 Å². The summed E-state index contributed by atoms with van der Waals surface area (Å²) >= 11 is 0. The third-order valence-corrected chi connectivity index (χ3v) is 10.2. The van der Waals surface area contributed by atoms with Crippen LogP contribution in [0.15, 0.2) is 83.5 Å². The largest absolute Gasteiger partial charge is 0.417 e. The molecule has 6 nitrogen and oxygen atoms in total. The monoisotopic (exact) mass is 599 g/mol. The van der Waals surface area contributed by atoms with Gasteiger partial charge in [0.25, 0.3) is 0 Å². The van der Waals surface area contributed by atoms with Crippen molar-refractivity contribution in [1.82, 2.24) is 14.8 Å². The number of hydrogen-bond acceptors (Lipinski definition) is 5. The van der Waals surface area contributed by atoms with Gasteiger partial charge in [0.1, 0.15) is 17.3 Å². The molecule has 2 aliphatic carbocycles. The maximum Gasteiger partial charge on any atom is 0.417 e. The number of allylic oxidation sites excluding steroid dienone is 1. The number of pyridine rings is 1. The van der Waals surface area contributed by atoms with Gasteiger partial charge in [0.15, 0.2) is 15.6 Å². The number of carbonyl (C=O) groups excluding carboxylic acids is 1. The van der Waals surface area contributed by atoms with Gasteiger partial charge in [-0.15, -0.1) is 0 Å². The van der Waals surface area contributed by atoms with Crippen LogP contribution >= 0.6 is 0 Å². The second kappa shape index (κ2) is 9.97. The van der Waals surface area contributed by atoms with Gasteiger partial charge < -0.3 is 0 Å². The van der Waals surface area contributed by atoms with Crippen LogP contribution in [0.5, 0.6) is 0 Å². The molecule has 0 amide bonds. The van der Waals surface area contributed by atoms with Gasteiger partial charge in [0.2, 0.25) is 0 Å². The summed E-state index contributed by atoms with van der Waals surface area (Å²) in [4.78, 5) is 17.9. The Kier molecular flexibility index (Phi) is 6.64. The minimum absolute atomic E-state index is 0.0341. The molecule has 0 unspecified atom stereocenters. The smallest absolute Gasteiger partial charge is 0.291 e. The second-order valence-corrected chi connectivity index (χ2v) is 12.7. The maximum atomic E-state index is 14.2. The fraction of sp³-hybridized carbons (Fsp3) is 0.233. The van der Waals surface area contributed by atoms with E-state index in [0.29, 0.717) is 28.7 Å². The fourth-order valence-corrected chi connectivity index (χ4v) is 7.71. The number of halogens is 5. The number of alkyl halides is 3. The number of aromatic nitrogens is 3. The van der Waals surface area contributed by atoms with E-state index >= 15 is 0 Å². The van der Waals surface area contributed by atoms with E-state index in [4.69, 9.17) is 0 Å². The number of carbonyl (C=O) groups is 1. The topological polar surface area (TPSA) is 81.9 Å². The number of fused-ring (bicyclic) bond motifs is 2. The molecule has 0 spiro atoms. The zero-order valence-corrected chi connectivity index (χ0v) is 22.6. The molecule has 42 heavy (non-hydrogen) atoms. The molecule has 12 heteroatoms. The lowest BCUT2D eigenvalue weighted by molar-refractivity contribution is -0.137.